The highest BCUT2D eigenvalue weighted by Crippen LogP contribution is 2.31. The number of carbonyl (C=O) groups is 2. The fourth-order valence-corrected chi connectivity index (χ4v) is 4.84. The Morgan fingerprint density at radius 3 is 2.59 bits per heavy atom. The van der Waals surface area contributed by atoms with Crippen molar-refractivity contribution in [1.29, 1.82) is 0 Å². The SMILES string of the molecule is CN(Cc1cc2c3c(c1)c(=O)c(C(=O)NCc1ccc(Cl)cc1)cn3CC(=O)N2C)CC(O)c1ncccn1. The lowest BCUT2D eigenvalue weighted by Gasteiger charge is -2.29. The number of benzene rings is 2. The van der Waals surface area contributed by atoms with Gasteiger partial charge in [0.2, 0.25) is 11.3 Å². The van der Waals surface area contributed by atoms with Crippen LogP contribution in [0.5, 0.6) is 0 Å². The van der Waals surface area contributed by atoms with Gasteiger partial charge < -0.3 is 19.9 Å². The van der Waals surface area contributed by atoms with Crippen LogP contribution in [0.4, 0.5) is 5.69 Å². The number of nitrogens with one attached hydrogen (secondary N) is 1. The molecule has 200 valence electrons. The molecule has 1 atom stereocenters. The second-order valence-corrected chi connectivity index (χ2v) is 10.0. The Labute approximate surface area is 229 Å². The lowest BCUT2D eigenvalue weighted by molar-refractivity contribution is -0.119. The summed E-state index contributed by atoms with van der Waals surface area (Å²) in [4.78, 5) is 51.1. The Kier molecular flexibility index (Phi) is 7.42. The van der Waals surface area contributed by atoms with Crippen molar-refractivity contribution in [3.8, 4) is 0 Å². The van der Waals surface area contributed by atoms with Crippen molar-refractivity contribution in [2.45, 2.75) is 25.7 Å². The maximum atomic E-state index is 13.6. The average molecular weight is 547 g/mol. The van der Waals surface area contributed by atoms with Crippen molar-refractivity contribution < 1.29 is 14.7 Å². The van der Waals surface area contributed by atoms with E-state index >= 15 is 0 Å². The van der Waals surface area contributed by atoms with E-state index in [1.165, 1.54) is 11.1 Å². The summed E-state index contributed by atoms with van der Waals surface area (Å²) < 4.78 is 1.66. The van der Waals surface area contributed by atoms with Crippen LogP contribution in [-0.2, 0) is 24.4 Å². The summed E-state index contributed by atoms with van der Waals surface area (Å²) in [6, 6.07) is 12.3. The number of hydrogen-bond donors (Lipinski definition) is 2. The lowest BCUT2D eigenvalue weighted by Crippen LogP contribution is -2.37. The first kappa shape index (κ1) is 26.5. The first-order valence-corrected chi connectivity index (χ1v) is 12.7. The van der Waals surface area contributed by atoms with Crippen molar-refractivity contribution in [3.63, 3.8) is 0 Å². The molecule has 3 heterocycles. The molecule has 2 aromatic carbocycles. The van der Waals surface area contributed by atoms with E-state index in [9.17, 15) is 19.5 Å². The smallest absolute Gasteiger partial charge is 0.257 e. The predicted molar refractivity (Wildman–Crippen MR) is 148 cm³/mol. The molecule has 10 nitrogen and oxygen atoms in total. The number of nitrogens with zero attached hydrogens (tertiary/aromatic N) is 5. The molecule has 4 aromatic rings. The number of aliphatic hydroxyl groups is 1. The Bertz CT molecular complexity index is 1610. The number of anilines is 1. The van der Waals surface area contributed by atoms with Crippen LogP contribution in [0.15, 0.2) is 65.8 Å². The minimum Gasteiger partial charge on any atom is -0.384 e. The number of pyridine rings is 1. The summed E-state index contributed by atoms with van der Waals surface area (Å²) in [6.45, 7) is 0.865. The Morgan fingerprint density at radius 2 is 1.87 bits per heavy atom. The van der Waals surface area contributed by atoms with E-state index in [4.69, 9.17) is 11.6 Å². The summed E-state index contributed by atoms with van der Waals surface area (Å²) >= 11 is 5.93. The lowest BCUT2D eigenvalue weighted by atomic mass is 10.0. The third-order valence-electron chi connectivity index (χ3n) is 6.68. The fourth-order valence-electron chi connectivity index (χ4n) is 4.71. The third kappa shape index (κ3) is 5.53. The summed E-state index contributed by atoms with van der Waals surface area (Å²) in [7, 11) is 3.50. The number of carbonyl (C=O) groups excluding carboxylic acids is 2. The summed E-state index contributed by atoms with van der Waals surface area (Å²) in [5.74, 6) is -0.371. The Hall–Kier alpha value is -4.12. The standard InChI is InChI=1S/C28H27ClN6O4/c1-33(15-23(36)27-30-8-3-9-31-27)13-18-10-20-25-22(11-18)34(2)24(37)16-35(25)14-21(26(20)38)28(39)32-12-17-4-6-19(29)7-5-17/h3-11,14,23,36H,12-13,15-16H2,1-2H3,(H,32,39). The normalized spacial score (nSPS) is 13.7. The van der Waals surface area contributed by atoms with Crippen LogP contribution >= 0.6 is 11.6 Å². The van der Waals surface area contributed by atoms with E-state index in [0.717, 1.165) is 11.1 Å². The molecule has 39 heavy (non-hydrogen) atoms. The molecule has 2 aromatic heterocycles. The van der Waals surface area contributed by atoms with Crippen LogP contribution in [0.2, 0.25) is 5.02 Å². The molecule has 0 saturated heterocycles. The van der Waals surface area contributed by atoms with Gasteiger partial charge >= 0.3 is 0 Å². The summed E-state index contributed by atoms with van der Waals surface area (Å²) in [5, 5.41) is 14.3. The molecule has 5 rings (SSSR count). The van der Waals surface area contributed by atoms with Gasteiger partial charge in [0.1, 0.15) is 18.2 Å². The molecule has 0 fully saturated rings. The van der Waals surface area contributed by atoms with Gasteiger partial charge in [-0.3, -0.25) is 19.3 Å². The van der Waals surface area contributed by atoms with Gasteiger partial charge in [-0.25, -0.2) is 9.97 Å². The second kappa shape index (κ2) is 10.9. The van der Waals surface area contributed by atoms with Crippen LogP contribution in [0.3, 0.4) is 0 Å². The largest absolute Gasteiger partial charge is 0.384 e. The zero-order chi connectivity index (χ0) is 27.7. The first-order chi connectivity index (χ1) is 18.7. The van der Waals surface area contributed by atoms with Gasteiger partial charge in [0, 0.05) is 55.7 Å². The maximum absolute atomic E-state index is 13.6. The van der Waals surface area contributed by atoms with E-state index in [0.29, 0.717) is 34.0 Å². The topological polar surface area (TPSA) is 121 Å². The molecule has 2 N–H and O–H groups in total. The molecule has 0 aliphatic carbocycles. The van der Waals surface area contributed by atoms with Crippen molar-refractivity contribution in [1.82, 2.24) is 24.8 Å². The number of halogens is 1. The summed E-state index contributed by atoms with van der Waals surface area (Å²) in [5.41, 5.74) is 2.32. The zero-order valence-corrected chi connectivity index (χ0v) is 22.2. The fraction of sp³-hybridized carbons (Fsp3) is 0.250. The highest BCUT2D eigenvalue weighted by molar-refractivity contribution is 6.30. The van der Waals surface area contributed by atoms with Gasteiger partial charge in [0.25, 0.3) is 5.91 Å². The van der Waals surface area contributed by atoms with Crippen LogP contribution in [-0.4, -0.2) is 57.0 Å². The first-order valence-electron chi connectivity index (χ1n) is 12.3. The minimum atomic E-state index is -0.896. The molecular weight excluding hydrogens is 520 g/mol. The van der Waals surface area contributed by atoms with Gasteiger partial charge in [0.05, 0.1) is 11.2 Å². The van der Waals surface area contributed by atoms with E-state index in [-0.39, 0.29) is 31.1 Å². The molecule has 11 heteroatoms. The van der Waals surface area contributed by atoms with E-state index in [1.54, 1.807) is 60.4 Å². The minimum absolute atomic E-state index is 0.0141. The van der Waals surface area contributed by atoms with E-state index in [2.05, 4.69) is 15.3 Å². The van der Waals surface area contributed by atoms with Gasteiger partial charge in [-0.15, -0.1) is 0 Å². The molecule has 1 unspecified atom stereocenters. The number of amides is 2. The predicted octanol–water partition coefficient (Wildman–Crippen LogP) is 2.52. The molecule has 0 bridgehead atoms. The van der Waals surface area contributed by atoms with Crippen molar-refractivity contribution in [2.24, 2.45) is 0 Å². The number of rotatable bonds is 8. The van der Waals surface area contributed by atoms with E-state index < -0.39 is 17.4 Å². The van der Waals surface area contributed by atoms with E-state index in [1.807, 2.05) is 18.0 Å². The van der Waals surface area contributed by atoms with Crippen LogP contribution in [0, 0.1) is 0 Å². The van der Waals surface area contributed by atoms with Crippen LogP contribution < -0.4 is 15.6 Å². The molecule has 0 radical (unpaired) electrons. The highest BCUT2D eigenvalue weighted by atomic mass is 35.5. The van der Waals surface area contributed by atoms with Crippen molar-refractivity contribution in [2.75, 3.05) is 25.5 Å². The maximum Gasteiger partial charge on any atom is 0.257 e. The number of hydrogen-bond acceptors (Lipinski definition) is 7. The monoisotopic (exact) mass is 546 g/mol. The number of likely N-dealkylation sites (N-methyl/N-ethyl adjacent to an activating group) is 2. The summed E-state index contributed by atoms with van der Waals surface area (Å²) in [6.07, 6.45) is 3.70. The van der Waals surface area contributed by atoms with Crippen LogP contribution in [0.25, 0.3) is 10.9 Å². The molecule has 2 amide bonds. The van der Waals surface area contributed by atoms with Gasteiger partial charge in [-0.1, -0.05) is 23.7 Å². The molecule has 1 aliphatic rings. The number of aromatic nitrogens is 3. The van der Waals surface area contributed by atoms with Crippen molar-refractivity contribution >= 4 is 40.0 Å². The highest BCUT2D eigenvalue weighted by Gasteiger charge is 2.27. The van der Waals surface area contributed by atoms with Gasteiger partial charge in [0.15, 0.2) is 5.82 Å². The second-order valence-electron chi connectivity index (χ2n) is 9.59. The molecule has 0 saturated carbocycles. The quantitative estimate of drug-likeness (QED) is 0.348. The van der Waals surface area contributed by atoms with Gasteiger partial charge in [-0.05, 0) is 48.5 Å². The third-order valence-corrected chi connectivity index (χ3v) is 6.94. The van der Waals surface area contributed by atoms with Crippen molar-refractivity contribution in [3.05, 3.63) is 98.8 Å². The number of aliphatic hydroxyl groups excluding tert-OH is 1. The Balaban J connectivity index is 1.46. The van der Waals surface area contributed by atoms with Gasteiger partial charge in [-0.2, -0.15) is 0 Å². The molecular formula is C28H27ClN6O4. The molecule has 0 spiro atoms. The Morgan fingerprint density at radius 1 is 1.15 bits per heavy atom. The van der Waals surface area contributed by atoms with Crippen LogP contribution in [0.1, 0.15) is 33.4 Å². The average Bonchev–Trinajstić information content (AvgIpc) is 2.93. The zero-order valence-electron chi connectivity index (χ0n) is 21.5. The molecule has 1 aliphatic heterocycles.